The van der Waals surface area contributed by atoms with Crippen LogP contribution in [0.3, 0.4) is 0 Å². The number of rotatable bonds is 19. The summed E-state index contributed by atoms with van der Waals surface area (Å²) < 4.78 is 11.9. The molecule has 0 aliphatic heterocycles. The molecule has 1 aliphatic carbocycles. The van der Waals surface area contributed by atoms with Gasteiger partial charge < -0.3 is 9.47 Å². The molecule has 4 nitrogen and oxygen atoms in total. The minimum Gasteiger partial charge on any atom is -0.478 e. The van der Waals surface area contributed by atoms with E-state index in [0.29, 0.717) is 0 Å². The van der Waals surface area contributed by atoms with Gasteiger partial charge in [-0.05, 0) is 37.8 Å². The average Bonchev–Trinajstić information content (AvgIpc) is 2.89. The van der Waals surface area contributed by atoms with Crippen molar-refractivity contribution in [1.82, 2.24) is 9.97 Å². The van der Waals surface area contributed by atoms with Crippen LogP contribution < -0.4 is 9.47 Å². The molecule has 0 N–H and O–H groups in total. The summed E-state index contributed by atoms with van der Waals surface area (Å²) in [5, 5.41) is 0. The Morgan fingerprint density at radius 3 is 1.29 bits per heavy atom. The Bertz CT molecular complexity index is 852. The zero-order valence-electron chi connectivity index (χ0n) is 22.5. The van der Waals surface area contributed by atoms with E-state index in [1.807, 2.05) is 12.1 Å². The lowest BCUT2D eigenvalue weighted by atomic mass is 9.92. The van der Waals surface area contributed by atoms with Gasteiger partial charge in [0.05, 0.1) is 24.6 Å². The summed E-state index contributed by atoms with van der Waals surface area (Å²) >= 11 is 0. The van der Waals surface area contributed by atoms with E-state index in [2.05, 4.69) is 26.0 Å². The molecule has 0 unspecified atom stereocenters. The Labute approximate surface area is 214 Å². The largest absolute Gasteiger partial charge is 0.478 e. The van der Waals surface area contributed by atoms with E-state index in [0.717, 1.165) is 62.0 Å². The molecule has 194 valence electrons. The fourth-order valence-corrected chi connectivity index (χ4v) is 4.88. The van der Waals surface area contributed by atoms with Gasteiger partial charge in [0.2, 0.25) is 11.8 Å². The number of aryl methyl sites for hydroxylation is 2. The Hall–Kier alpha value is -2.10. The molecule has 0 aromatic carbocycles. The van der Waals surface area contributed by atoms with Crippen molar-refractivity contribution in [2.24, 2.45) is 0 Å². The minimum atomic E-state index is 0.759. The number of ether oxygens (including phenoxy) is 2. The standard InChI is InChI=1S/C31H48N2O2/c1-3-5-7-9-11-12-13-15-17-25-35-31-23-19-27-26-18-22-30(32-28(26)20-21-29(27)33-31)34-24-16-14-10-8-6-4-2/h18-19,22-23H,3-17,20-21,24-25H2,1-2H3. The van der Waals surface area contributed by atoms with Gasteiger partial charge in [-0.15, -0.1) is 0 Å². The topological polar surface area (TPSA) is 44.2 Å². The predicted octanol–water partition coefficient (Wildman–Crippen LogP) is 8.89. The number of aromatic nitrogens is 2. The molecule has 2 aromatic rings. The van der Waals surface area contributed by atoms with Crippen LogP contribution in [0.1, 0.15) is 122 Å². The highest BCUT2D eigenvalue weighted by atomic mass is 16.5. The second kappa shape index (κ2) is 16.5. The average molecular weight is 481 g/mol. The highest BCUT2D eigenvalue weighted by Crippen LogP contribution is 2.34. The minimum absolute atomic E-state index is 0.759. The smallest absolute Gasteiger partial charge is 0.213 e. The van der Waals surface area contributed by atoms with Gasteiger partial charge >= 0.3 is 0 Å². The number of fused-ring (bicyclic) bond motifs is 3. The first kappa shape index (κ1) is 27.5. The van der Waals surface area contributed by atoms with Gasteiger partial charge in [-0.3, -0.25) is 0 Å². The van der Waals surface area contributed by atoms with Crippen molar-refractivity contribution < 1.29 is 9.47 Å². The summed E-state index contributed by atoms with van der Waals surface area (Å²) in [6, 6.07) is 8.34. The van der Waals surface area contributed by atoms with E-state index in [4.69, 9.17) is 19.4 Å². The van der Waals surface area contributed by atoms with Crippen LogP contribution in [0.25, 0.3) is 11.1 Å². The maximum atomic E-state index is 5.98. The Balaban J connectivity index is 1.37. The second-order valence-electron chi connectivity index (χ2n) is 10.1. The lowest BCUT2D eigenvalue weighted by Gasteiger charge is -2.19. The van der Waals surface area contributed by atoms with Gasteiger partial charge in [0.15, 0.2) is 0 Å². The van der Waals surface area contributed by atoms with Crippen LogP contribution in [0.2, 0.25) is 0 Å². The fraction of sp³-hybridized carbons (Fsp3) is 0.677. The summed E-state index contributed by atoms with van der Waals surface area (Å²) in [6.45, 7) is 6.05. The summed E-state index contributed by atoms with van der Waals surface area (Å²) in [4.78, 5) is 9.63. The highest BCUT2D eigenvalue weighted by molar-refractivity contribution is 5.71. The first-order valence-corrected chi connectivity index (χ1v) is 14.6. The lowest BCUT2D eigenvalue weighted by Crippen LogP contribution is -2.10. The van der Waals surface area contributed by atoms with Crippen molar-refractivity contribution >= 4 is 0 Å². The summed E-state index contributed by atoms with van der Waals surface area (Å²) in [5.41, 5.74) is 4.64. The Kier molecular flexibility index (Phi) is 13.0. The molecule has 2 heterocycles. The van der Waals surface area contributed by atoms with Gasteiger partial charge in [-0.25, -0.2) is 9.97 Å². The first-order chi connectivity index (χ1) is 17.3. The maximum Gasteiger partial charge on any atom is 0.213 e. The maximum absolute atomic E-state index is 5.98. The van der Waals surface area contributed by atoms with Crippen LogP contribution in [0, 0.1) is 0 Å². The molecule has 4 heteroatoms. The first-order valence-electron chi connectivity index (χ1n) is 14.6. The van der Waals surface area contributed by atoms with E-state index in [1.165, 1.54) is 94.6 Å². The van der Waals surface area contributed by atoms with E-state index < -0.39 is 0 Å². The van der Waals surface area contributed by atoms with Gasteiger partial charge in [0.1, 0.15) is 0 Å². The Morgan fingerprint density at radius 1 is 0.514 bits per heavy atom. The van der Waals surface area contributed by atoms with Crippen LogP contribution in [0.4, 0.5) is 0 Å². The Morgan fingerprint density at radius 2 is 0.886 bits per heavy atom. The zero-order valence-corrected chi connectivity index (χ0v) is 22.5. The molecule has 1 aliphatic rings. The molecular weight excluding hydrogens is 432 g/mol. The zero-order chi connectivity index (χ0) is 24.6. The molecule has 0 saturated carbocycles. The van der Waals surface area contributed by atoms with Crippen LogP contribution in [-0.4, -0.2) is 23.2 Å². The molecule has 0 bridgehead atoms. The normalized spacial score (nSPS) is 12.3. The third kappa shape index (κ3) is 9.82. The van der Waals surface area contributed by atoms with Crippen LogP contribution in [0.5, 0.6) is 11.8 Å². The molecule has 3 rings (SSSR count). The van der Waals surface area contributed by atoms with Crippen LogP contribution >= 0.6 is 0 Å². The molecule has 0 spiro atoms. The number of unbranched alkanes of at least 4 members (excludes halogenated alkanes) is 13. The number of hydrogen-bond donors (Lipinski definition) is 0. The van der Waals surface area contributed by atoms with Crippen molar-refractivity contribution in [3.8, 4) is 22.9 Å². The van der Waals surface area contributed by atoms with Crippen molar-refractivity contribution in [3.63, 3.8) is 0 Å². The van der Waals surface area contributed by atoms with Crippen molar-refractivity contribution in [3.05, 3.63) is 35.7 Å². The summed E-state index contributed by atoms with van der Waals surface area (Å²) in [6.07, 6.45) is 21.4. The van der Waals surface area contributed by atoms with Gasteiger partial charge in [-0.2, -0.15) is 0 Å². The molecule has 0 atom stereocenters. The van der Waals surface area contributed by atoms with Gasteiger partial charge in [0, 0.05) is 23.3 Å². The molecule has 0 saturated heterocycles. The van der Waals surface area contributed by atoms with E-state index in [9.17, 15) is 0 Å². The van der Waals surface area contributed by atoms with Crippen molar-refractivity contribution in [2.75, 3.05) is 13.2 Å². The van der Waals surface area contributed by atoms with Crippen molar-refractivity contribution in [2.45, 2.75) is 123 Å². The van der Waals surface area contributed by atoms with E-state index in [1.54, 1.807) is 0 Å². The number of hydrogen-bond acceptors (Lipinski definition) is 4. The van der Waals surface area contributed by atoms with Gasteiger partial charge in [0.25, 0.3) is 0 Å². The van der Waals surface area contributed by atoms with Crippen LogP contribution in [0.15, 0.2) is 24.3 Å². The van der Waals surface area contributed by atoms with Gasteiger partial charge in [-0.1, -0.05) is 97.3 Å². The molecule has 35 heavy (non-hydrogen) atoms. The third-order valence-electron chi connectivity index (χ3n) is 7.03. The summed E-state index contributed by atoms with van der Waals surface area (Å²) in [5.74, 6) is 1.52. The lowest BCUT2D eigenvalue weighted by molar-refractivity contribution is 0.291. The fourth-order valence-electron chi connectivity index (χ4n) is 4.88. The molecule has 0 fully saturated rings. The predicted molar refractivity (Wildman–Crippen MR) is 146 cm³/mol. The number of pyridine rings is 2. The van der Waals surface area contributed by atoms with Crippen LogP contribution in [-0.2, 0) is 12.8 Å². The van der Waals surface area contributed by atoms with E-state index >= 15 is 0 Å². The monoisotopic (exact) mass is 480 g/mol. The third-order valence-corrected chi connectivity index (χ3v) is 7.03. The molecule has 0 amide bonds. The van der Waals surface area contributed by atoms with Crippen molar-refractivity contribution in [1.29, 1.82) is 0 Å². The quantitative estimate of drug-likeness (QED) is 0.188. The second-order valence-corrected chi connectivity index (χ2v) is 10.1. The molecule has 0 radical (unpaired) electrons. The molecular formula is C31H48N2O2. The highest BCUT2D eigenvalue weighted by Gasteiger charge is 2.19. The molecule has 2 aromatic heterocycles. The summed E-state index contributed by atoms with van der Waals surface area (Å²) in [7, 11) is 0. The number of nitrogens with zero attached hydrogens (tertiary/aromatic N) is 2. The SMILES string of the molecule is CCCCCCCCCCCOc1ccc2c(n1)CCc1nc(OCCCCCCCC)ccc1-2. The van der Waals surface area contributed by atoms with E-state index in [-0.39, 0.29) is 0 Å².